The minimum absolute atomic E-state index is 0.0652. The summed E-state index contributed by atoms with van der Waals surface area (Å²) in [5.41, 5.74) is 0.908. The van der Waals surface area contributed by atoms with E-state index in [0.29, 0.717) is 18.5 Å². The molecule has 0 saturated heterocycles. The molecule has 6 heteroatoms. The van der Waals surface area contributed by atoms with Crippen molar-refractivity contribution >= 4 is 22.1 Å². The van der Waals surface area contributed by atoms with Crippen LogP contribution in [0.15, 0.2) is 30.6 Å². The highest BCUT2D eigenvalue weighted by atomic mass is 16.6. The summed E-state index contributed by atoms with van der Waals surface area (Å²) in [6, 6.07) is 4.95. The highest BCUT2D eigenvalue weighted by Crippen LogP contribution is 2.30. The first-order valence-corrected chi connectivity index (χ1v) is 5.48. The fourth-order valence-electron chi connectivity index (χ4n) is 1.78. The fourth-order valence-corrected chi connectivity index (χ4v) is 1.78. The number of hydrogen-bond donors (Lipinski definition) is 1. The molecular formula is C12H13N3O3. The Morgan fingerprint density at radius 1 is 1.39 bits per heavy atom. The van der Waals surface area contributed by atoms with Gasteiger partial charge in [-0.25, -0.2) is 0 Å². The number of non-ortho nitro benzene ring substituents is 1. The van der Waals surface area contributed by atoms with Crippen LogP contribution in [0.2, 0.25) is 0 Å². The van der Waals surface area contributed by atoms with Crippen molar-refractivity contribution in [3.8, 4) is 0 Å². The summed E-state index contributed by atoms with van der Waals surface area (Å²) in [7, 11) is 1.62. The van der Waals surface area contributed by atoms with Crippen molar-refractivity contribution in [3.63, 3.8) is 0 Å². The van der Waals surface area contributed by atoms with Gasteiger partial charge in [0.2, 0.25) is 0 Å². The van der Waals surface area contributed by atoms with Crippen molar-refractivity contribution in [2.45, 2.75) is 0 Å². The van der Waals surface area contributed by atoms with Gasteiger partial charge in [-0.3, -0.25) is 15.1 Å². The van der Waals surface area contributed by atoms with Gasteiger partial charge < -0.3 is 10.1 Å². The number of anilines is 1. The average Bonchev–Trinajstić information content (AvgIpc) is 2.38. The third-order valence-corrected chi connectivity index (χ3v) is 2.61. The monoisotopic (exact) mass is 247 g/mol. The summed E-state index contributed by atoms with van der Waals surface area (Å²) in [5, 5.41) is 15.4. The molecule has 2 rings (SSSR count). The highest BCUT2D eigenvalue weighted by molar-refractivity contribution is 5.99. The first kappa shape index (κ1) is 12.3. The number of benzene rings is 1. The maximum Gasteiger partial charge on any atom is 0.278 e. The maximum atomic E-state index is 10.9. The number of hydrogen-bond acceptors (Lipinski definition) is 5. The average molecular weight is 247 g/mol. The molecule has 2 aromatic rings. The Labute approximate surface area is 104 Å². The number of nitro groups is 1. The Hall–Kier alpha value is -2.21. The maximum absolute atomic E-state index is 10.9. The van der Waals surface area contributed by atoms with Gasteiger partial charge in [0.05, 0.1) is 16.9 Å². The summed E-state index contributed by atoms with van der Waals surface area (Å²) in [4.78, 5) is 14.5. The van der Waals surface area contributed by atoms with E-state index in [1.165, 1.54) is 12.3 Å². The lowest BCUT2D eigenvalue weighted by Gasteiger charge is -2.09. The third-order valence-electron chi connectivity index (χ3n) is 2.61. The van der Waals surface area contributed by atoms with E-state index in [4.69, 9.17) is 4.74 Å². The molecule has 0 fully saturated rings. The number of rotatable bonds is 5. The van der Waals surface area contributed by atoms with Crippen LogP contribution in [0.25, 0.3) is 10.8 Å². The summed E-state index contributed by atoms with van der Waals surface area (Å²) in [6.07, 6.45) is 3.13. The lowest BCUT2D eigenvalue weighted by Crippen LogP contribution is -2.08. The van der Waals surface area contributed by atoms with Crippen LogP contribution in [0.3, 0.4) is 0 Å². The van der Waals surface area contributed by atoms with E-state index >= 15 is 0 Å². The van der Waals surface area contributed by atoms with E-state index < -0.39 is 4.92 Å². The Bertz CT molecular complexity index is 571. The van der Waals surface area contributed by atoms with Crippen LogP contribution in [0.4, 0.5) is 11.4 Å². The molecule has 0 radical (unpaired) electrons. The Morgan fingerprint density at radius 2 is 2.22 bits per heavy atom. The van der Waals surface area contributed by atoms with Gasteiger partial charge in [-0.2, -0.15) is 0 Å². The minimum Gasteiger partial charge on any atom is -0.383 e. The molecule has 0 saturated carbocycles. The van der Waals surface area contributed by atoms with Gasteiger partial charge in [0, 0.05) is 43.2 Å². The first-order valence-electron chi connectivity index (χ1n) is 5.48. The zero-order valence-electron chi connectivity index (χ0n) is 9.92. The van der Waals surface area contributed by atoms with E-state index in [2.05, 4.69) is 10.3 Å². The molecule has 0 bridgehead atoms. The first-order chi connectivity index (χ1) is 8.74. The molecule has 18 heavy (non-hydrogen) atoms. The number of nitrogens with zero attached hydrogens (tertiary/aromatic N) is 2. The van der Waals surface area contributed by atoms with Crippen LogP contribution in [-0.2, 0) is 4.74 Å². The van der Waals surface area contributed by atoms with E-state index in [0.717, 1.165) is 11.1 Å². The number of pyridine rings is 1. The second-order valence-corrected chi connectivity index (χ2v) is 3.73. The number of methoxy groups -OCH3 is 1. The topological polar surface area (TPSA) is 77.3 Å². The predicted molar refractivity (Wildman–Crippen MR) is 68.8 cm³/mol. The summed E-state index contributed by atoms with van der Waals surface area (Å²) in [6.45, 7) is 1.22. The van der Waals surface area contributed by atoms with E-state index in [1.54, 1.807) is 25.4 Å². The molecule has 1 aromatic carbocycles. The molecule has 0 aliphatic rings. The second kappa shape index (κ2) is 5.42. The van der Waals surface area contributed by atoms with Gasteiger partial charge in [-0.05, 0) is 12.1 Å². The van der Waals surface area contributed by atoms with E-state index in [-0.39, 0.29) is 5.69 Å². The molecule has 0 aliphatic heterocycles. The van der Waals surface area contributed by atoms with Gasteiger partial charge in [0.1, 0.15) is 0 Å². The van der Waals surface area contributed by atoms with Crippen molar-refractivity contribution in [1.82, 2.24) is 4.98 Å². The van der Waals surface area contributed by atoms with E-state index in [9.17, 15) is 10.1 Å². The molecule has 0 unspecified atom stereocenters. The van der Waals surface area contributed by atoms with Crippen molar-refractivity contribution in [2.24, 2.45) is 0 Å². The molecule has 1 N–H and O–H groups in total. The molecular weight excluding hydrogens is 234 g/mol. The summed E-state index contributed by atoms with van der Waals surface area (Å²) < 4.78 is 4.95. The SMILES string of the molecule is COCCNc1ccc([N+](=O)[O-])c2cnccc12. The Morgan fingerprint density at radius 3 is 2.94 bits per heavy atom. The summed E-state index contributed by atoms with van der Waals surface area (Å²) >= 11 is 0. The number of fused-ring (bicyclic) bond motifs is 1. The van der Waals surface area contributed by atoms with Gasteiger partial charge in [-0.1, -0.05) is 0 Å². The van der Waals surface area contributed by atoms with Crippen LogP contribution in [0.5, 0.6) is 0 Å². The highest BCUT2D eigenvalue weighted by Gasteiger charge is 2.13. The number of ether oxygens (including phenoxy) is 1. The smallest absolute Gasteiger partial charge is 0.278 e. The molecule has 0 spiro atoms. The lowest BCUT2D eigenvalue weighted by molar-refractivity contribution is -0.383. The van der Waals surface area contributed by atoms with Gasteiger partial charge in [0.15, 0.2) is 0 Å². The standard InChI is InChI=1S/C12H13N3O3/c1-18-7-6-14-11-2-3-12(15(16)17)10-8-13-5-4-9(10)11/h2-5,8,14H,6-7H2,1H3. The molecule has 6 nitrogen and oxygen atoms in total. The normalized spacial score (nSPS) is 10.5. The minimum atomic E-state index is -0.400. The number of aromatic nitrogens is 1. The van der Waals surface area contributed by atoms with Gasteiger partial charge >= 0.3 is 0 Å². The Balaban J connectivity index is 2.44. The third kappa shape index (κ3) is 2.38. The van der Waals surface area contributed by atoms with Gasteiger partial charge in [0.25, 0.3) is 5.69 Å². The lowest BCUT2D eigenvalue weighted by atomic mass is 10.1. The van der Waals surface area contributed by atoms with Crippen molar-refractivity contribution in [2.75, 3.05) is 25.6 Å². The van der Waals surface area contributed by atoms with Crippen LogP contribution in [-0.4, -0.2) is 30.2 Å². The van der Waals surface area contributed by atoms with Crippen LogP contribution in [0, 0.1) is 10.1 Å². The zero-order chi connectivity index (χ0) is 13.0. The zero-order valence-corrected chi connectivity index (χ0v) is 9.92. The number of nitro benzene ring substituents is 1. The molecule has 94 valence electrons. The van der Waals surface area contributed by atoms with Gasteiger partial charge in [-0.15, -0.1) is 0 Å². The second-order valence-electron chi connectivity index (χ2n) is 3.73. The quantitative estimate of drug-likeness (QED) is 0.498. The number of nitrogens with one attached hydrogen (secondary N) is 1. The Kier molecular flexibility index (Phi) is 3.69. The van der Waals surface area contributed by atoms with Crippen LogP contribution in [0.1, 0.15) is 0 Å². The van der Waals surface area contributed by atoms with Crippen LogP contribution < -0.4 is 5.32 Å². The molecule has 1 aromatic heterocycles. The fraction of sp³-hybridized carbons (Fsp3) is 0.250. The largest absolute Gasteiger partial charge is 0.383 e. The van der Waals surface area contributed by atoms with Crippen molar-refractivity contribution in [3.05, 3.63) is 40.7 Å². The van der Waals surface area contributed by atoms with Crippen LogP contribution >= 0.6 is 0 Å². The van der Waals surface area contributed by atoms with E-state index in [1.807, 2.05) is 0 Å². The predicted octanol–water partition coefficient (Wildman–Crippen LogP) is 2.20. The molecule has 0 atom stereocenters. The molecule has 0 amide bonds. The van der Waals surface area contributed by atoms with Crippen molar-refractivity contribution < 1.29 is 9.66 Å². The summed E-state index contributed by atoms with van der Waals surface area (Å²) in [5.74, 6) is 0. The van der Waals surface area contributed by atoms with Crippen molar-refractivity contribution in [1.29, 1.82) is 0 Å². The molecule has 0 aliphatic carbocycles. The molecule has 1 heterocycles.